The van der Waals surface area contributed by atoms with E-state index >= 15 is 0 Å². The van der Waals surface area contributed by atoms with Crippen LogP contribution in [0.2, 0.25) is 0 Å². The van der Waals surface area contributed by atoms with Crippen LogP contribution < -0.4 is 0 Å². The van der Waals surface area contributed by atoms with Gasteiger partial charge in [-0.25, -0.2) is 0 Å². The Morgan fingerprint density at radius 2 is 1.32 bits per heavy atom. The van der Waals surface area contributed by atoms with Crippen molar-refractivity contribution in [3.8, 4) is 11.1 Å². The lowest BCUT2D eigenvalue weighted by atomic mass is 9.99. The molecule has 0 amide bonds. The van der Waals surface area contributed by atoms with Crippen LogP contribution in [0.5, 0.6) is 0 Å². The van der Waals surface area contributed by atoms with E-state index in [0.29, 0.717) is 0 Å². The van der Waals surface area contributed by atoms with Crippen molar-refractivity contribution >= 4 is 59.4 Å². The van der Waals surface area contributed by atoms with Gasteiger partial charge < -0.3 is 4.42 Å². The summed E-state index contributed by atoms with van der Waals surface area (Å²) in [6.45, 7) is 0. The molecular formula is C26H15BrO. The van der Waals surface area contributed by atoms with Gasteiger partial charge in [0.2, 0.25) is 0 Å². The second kappa shape index (κ2) is 5.95. The Morgan fingerprint density at radius 1 is 0.536 bits per heavy atom. The normalized spacial score (nSPS) is 11.8. The number of fused-ring (bicyclic) bond motifs is 6. The van der Waals surface area contributed by atoms with Crippen LogP contribution in [0.3, 0.4) is 0 Å². The molecule has 1 aromatic heterocycles. The second-order valence-electron chi connectivity index (χ2n) is 7.16. The van der Waals surface area contributed by atoms with Gasteiger partial charge in [-0.1, -0.05) is 76.6 Å². The zero-order valence-corrected chi connectivity index (χ0v) is 16.5. The fourth-order valence-corrected chi connectivity index (χ4v) is 4.72. The lowest BCUT2D eigenvalue weighted by Crippen LogP contribution is -1.81. The first-order valence-electron chi connectivity index (χ1n) is 9.31. The average molecular weight is 423 g/mol. The Labute approximate surface area is 170 Å². The quantitative estimate of drug-likeness (QED) is 0.259. The Balaban J connectivity index is 1.63. The van der Waals surface area contributed by atoms with Gasteiger partial charge in [-0.05, 0) is 57.6 Å². The van der Waals surface area contributed by atoms with Gasteiger partial charge in [0.25, 0.3) is 0 Å². The fraction of sp³-hybridized carbons (Fsp3) is 0. The fourth-order valence-electron chi connectivity index (χ4n) is 4.11. The summed E-state index contributed by atoms with van der Waals surface area (Å²) >= 11 is 3.74. The van der Waals surface area contributed by atoms with Crippen LogP contribution in [0.25, 0.3) is 54.6 Å². The molecule has 0 aliphatic rings. The molecule has 0 unspecified atom stereocenters. The summed E-state index contributed by atoms with van der Waals surface area (Å²) in [5, 5.41) is 7.14. The third kappa shape index (κ3) is 2.31. The van der Waals surface area contributed by atoms with Gasteiger partial charge in [-0.15, -0.1) is 0 Å². The Morgan fingerprint density at radius 3 is 2.21 bits per heavy atom. The van der Waals surface area contributed by atoms with Gasteiger partial charge in [-0.3, -0.25) is 0 Å². The smallest absolute Gasteiger partial charge is 0.143 e. The van der Waals surface area contributed by atoms with E-state index in [-0.39, 0.29) is 0 Å². The second-order valence-corrected chi connectivity index (χ2v) is 8.01. The summed E-state index contributed by atoms with van der Waals surface area (Å²) in [5.74, 6) is 0. The zero-order chi connectivity index (χ0) is 18.7. The van der Waals surface area contributed by atoms with Crippen molar-refractivity contribution in [1.82, 2.24) is 0 Å². The number of hydrogen-bond acceptors (Lipinski definition) is 1. The van der Waals surface area contributed by atoms with Crippen molar-refractivity contribution in [2.24, 2.45) is 0 Å². The Hall–Kier alpha value is -3.10. The molecule has 0 bridgehead atoms. The van der Waals surface area contributed by atoms with Crippen LogP contribution >= 0.6 is 15.9 Å². The maximum Gasteiger partial charge on any atom is 0.143 e. The van der Waals surface area contributed by atoms with E-state index in [2.05, 4.69) is 107 Å². The van der Waals surface area contributed by atoms with Gasteiger partial charge in [0.05, 0.1) is 0 Å². The Kier molecular flexibility index (Phi) is 3.38. The first kappa shape index (κ1) is 15.9. The summed E-state index contributed by atoms with van der Waals surface area (Å²) in [7, 11) is 0. The minimum absolute atomic E-state index is 0.926. The van der Waals surface area contributed by atoms with E-state index in [0.717, 1.165) is 31.8 Å². The monoisotopic (exact) mass is 422 g/mol. The zero-order valence-electron chi connectivity index (χ0n) is 14.9. The molecule has 6 rings (SSSR count). The van der Waals surface area contributed by atoms with E-state index in [1.165, 1.54) is 27.3 Å². The molecule has 0 N–H and O–H groups in total. The van der Waals surface area contributed by atoms with E-state index in [4.69, 9.17) is 4.42 Å². The van der Waals surface area contributed by atoms with Crippen LogP contribution in [-0.2, 0) is 0 Å². The van der Waals surface area contributed by atoms with Crippen LogP contribution in [0, 0.1) is 0 Å². The maximum absolute atomic E-state index is 6.24. The molecule has 0 saturated carbocycles. The number of hydrogen-bond donors (Lipinski definition) is 0. The first-order chi connectivity index (χ1) is 13.8. The molecule has 0 aliphatic carbocycles. The molecule has 6 aromatic rings. The van der Waals surface area contributed by atoms with Crippen molar-refractivity contribution in [2.45, 2.75) is 0 Å². The highest BCUT2D eigenvalue weighted by molar-refractivity contribution is 9.10. The van der Waals surface area contributed by atoms with Crippen LogP contribution in [0.4, 0.5) is 0 Å². The van der Waals surface area contributed by atoms with Crippen LogP contribution in [-0.4, -0.2) is 0 Å². The van der Waals surface area contributed by atoms with Crippen LogP contribution in [0.1, 0.15) is 0 Å². The number of benzene rings is 5. The SMILES string of the molecule is Brc1cc(-c2ccc3oc4c5ccccc5ccc4c3c2)cc2ccccc12. The summed E-state index contributed by atoms with van der Waals surface area (Å²) in [4.78, 5) is 0. The highest BCUT2D eigenvalue weighted by Gasteiger charge is 2.12. The molecule has 0 spiro atoms. The van der Waals surface area contributed by atoms with E-state index in [1.807, 2.05) is 0 Å². The minimum atomic E-state index is 0.926. The largest absolute Gasteiger partial charge is 0.455 e. The molecule has 0 aliphatic heterocycles. The number of halogens is 1. The van der Waals surface area contributed by atoms with Gasteiger partial charge in [0, 0.05) is 20.6 Å². The van der Waals surface area contributed by atoms with Gasteiger partial charge in [0.1, 0.15) is 11.2 Å². The maximum atomic E-state index is 6.24. The molecule has 5 aromatic carbocycles. The van der Waals surface area contributed by atoms with Crippen molar-refractivity contribution in [3.05, 3.63) is 95.5 Å². The van der Waals surface area contributed by atoms with Gasteiger partial charge in [-0.2, -0.15) is 0 Å². The molecular weight excluding hydrogens is 408 g/mol. The first-order valence-corrected chi connectivity index (χ1v) is 10.1. The third-order valence-electron chi connectivity index (χ3n) is 5.51. The van der Waals surface area contributed by atoms with E-state index in [1.54, 1.807) is 0 Å². The van der Waals surface area contributed by atoms with Crippen molar-refractivity contribution in [3.63, 3.8) is 0 Å². The van der Waals surface area contributed by atoms with Crippen LogP contribution in [0.15, 0.2) is 99.9 Å². The number of rotatable bonds is 1. The Bertz CT molecular complexity index is 1520. The van der Waals surface area contributed by atoms with E-state index in [9.17, 15) is 0 Å². The summed E-state index contributed by atoms with van der Waals surface area (Å²) in [6.07, 6.45) is 0. The molecule has 0 fully saturated rings. The van der Waals surface area contributed by atoms with E-state index < -0.39 is 0 Å². The molecule has 2 heteroatoms. The number of furan rings is 1. The van der Waals surface area contributed by atoms with Gasteiger partial charge >= 0.3 is 0 Å². The third-order valence-corrected chi connectivity index (χ3v) is 6.16. The highest BCUT2D eigenvalue weighted by atomic mass is 79.9. The lowest BCUT2D eigenvalue weighted by Gasteiger charge is -2.07. The minimum Gasteiger partial charge on any atom is -0.455 e. The van der Waals surface area contributed by atoms with Crippen molar-refractivity contribution < 1.29 is 4.42 Å². The lowest BCUT2D eigenvalue weighted by molar-refractivity contribution is 0.672. The molecule has 132 valence electrons. The summed E-state index contributed by atoms with van der Waals surface area (Å²) in [6, 6.07) is 32.1. The van der Waals surface area contributed by atoms with Crippen molar-refractivity contribution in [2.75, 3.05) is 0 Å². The predicted molar refractivity (Wildman–Crippen MR) is 122 cm³/mol. The molecule has 1 heterocycles. The topological polar surface area (TPSA) is 13.1 Å². The summed E-state index contributed by atoms with van der Waals surface area (Å²) < 4.78 is 7.36. The molecule has 0 saturated heterocycles. The van der Waals surface area contributed by atoms with Gasteiger partial charge in [0.15, 0.2) is 0 Å². The molecule has 0 atom stereocenters. The summed E-state index contributed by atoms with van der Waals surface area (Å²) in [5.41, 5.74) is 4.28. The average Bonchev–Trinajstić information content (AvgIpc) is 3.12. The predicted octanol–water partition coefficient (Wildman–Crippen LogP) is 8.32. The highest BCUT2D eigenvalue weighted by Crippen LogP contribution is 2.37. The standard InChI is InChI=1S/C26H15BrO/c27-24-15-19(13-18-6-2-3-7-20(18)24)17-10-12-25-23(14-17)22-11-9-16-5-1-4-8-21(16)26(22)28-25/h1-15H. The van der Waals surface area contributed by atoms with Crippen molar-refractivity contribution in [1.29, 1.82) is 0 Å². The molecule has 28 heavy (non-hydrogen) atoms. The molecule has 0 radical (unpaired) electrons. The molecule has 1 nitrogen and oxygen atoms in total.